The number of sulfone groups is 1. The molecule has 1 saturated heterocycles. The molecular formula is C10H9FO4S. The van der Waals surface area contributed by atoms with E-state index < -0.39 is 20.9 Å². The summed E-state index contributed by atoms with van der Waals surface area (Å²) in [5.41, 5.74) is 0.112. The van der Waals surface area contributed by atoms with E-state index in [-0.39, 0.29) is 23.7 Å². The first-order valence-corrected chi connectivity index (χ1v) is 6.16. The summed E-state index contributed by atoms with van der Waals surface area (Å²) >= 11 is 0. The van der Waals surface area contributed by atoms with Crippen LogP contribution in [0.15, 0.2) is 23.1 Å². The quantitative estimate of drug-likeness (QED) is 0.738. The van der Waals surface area contributed by atoms with E-state index in [4.69, 9.17) is 4.74 Å². The highest BCUT2D eigenvalue weighted by atomic mass is 32.2. The molecule has 0 saturated carbocycles. The van der Waals surface area contributed by atoms with Crippen molar-refractivity contribution in [2.75, 3.05) is 13.2 Å². The van der Waals surface area contributed by atoms with Crippen LogP contribution in [0.5, 0.6) is 0 Å². The summed E-state index contributed by atoms with van der Waals surface area (Å²) in [5.74, 6) is -0.892. The summed E-state index contributed by atoms with van der Waals surface area (Å²) in [6, 6.07) is 3.31. The predicted octanol–water partition coefficient (Wildman–Crippen LogP) is 0.811. The molecule has 1 aliphatic rings. The van der Waals surface area contributed by atoms with Crippen molar-refractivity contribution < 1.29 is 22.3 Å². The van der Waals surface area contributed by atoms with E-state index >= 15 is 0 Å². The average molecular weight is 244 g/mol. The van der Waals surface area contributed by atoms with Crippen LogP contribution in [0.4, 0.5) is 4.39 Å². The topological polar surface area (TPSA) is 60.4 Å². The van der Waals surface area contributed by atoms with E-state index in [1.165, 1.54) is 6.07 Å². The second-order valence-corrected chi connectivity index (χ2v) is 5.71. The number of ether oxygens (including phenoxy) is 1. The van der Waals surface area contributed by atoms with Crippen molar-refractivity contribution in [3.05, 3.63) is 29.6 Å². The molecule has 1 aromatic carbocycles. The van der Waals surface area contributed by atoms with E-state index in [1.54, 1.807) is 0 Å². The standard InChI is InChI=1S/C10H9FO4S/c11-9-3-7(4-12)1-2-10(9)16(13,14)8-5-15-6-8/h1-4,8H,5-6H2. The largest absolute Gasteiger partial charge is 0.379 e. The molecule has 2 rings (SSSR count). The highest BCUT2D eigenvalue weighted by molar-refractivity contribution is 7.92. The van der Waals surface area contributed by atoms with Gasteiger partial charge in [-0.25, -0.2) is 12.8 Å². The van der Waals surface area contributed by atoms with Gasteiger partial charge in [-0.2, -0.15) is 0 Å². The zero-order chi connectivity index (χ0) is 11.8. The Morgan fingerprint density at radius 2 is 2.06 bits per heavy atom. The van der Waals surface area contributed by atoms with Crippen molar-refractivity contribution in [1.29, 1.82) is 0 Å². The number of hydrogen-bond acceptors (Lipinski definition) is 4. The number of aldehydes is 1. The second-order valence-electron chi connectivity index (χ2n) is 3.51. The normalized spacial score (nSPS) is 16.8. The van der Waals surface area contributed by atoms with Gasteiger partial charge in [0, 0.05) is 5.56 Å². The van der Waals surface area contributed by atoms with Gasteiger partial charge < -0.3 is 4.74 Å². The summed E-state index contributed by atoms with van der Waals surface area (Å²) in [7, 11) is -3.67. The van der Waals surface area contributed by atoms with Gasteiger partial charge in [-0.05, 0) is 12.1 Å². The van der Waals surface area contributed by atoms with Crippen molar-refractivity contribution in [1.82, 2.24) is 0 Å². The molecular weight excluding hydrogens is 235 g/mol. The fourth-order valence-electron chi connectivity index (χ4n) is 1.39. The highest BCUT2D eigenvalue weighted by Gasteiger charge is 2.35. The SMILES string of the molecule is O=Cc1ccc(S(=O)(=O)C2COC2)c(F)c1. The van der Waals surface area contributed by atoms with Crippen LogP contribution in [0, 0.1) is 5.82 Å². The molecule has 0 aromatic heterocycles. The molecule has 16 heavy (non-hydrogen) atoms. The smallest absolute Gasteiger partial charge is 0.188 e. The summed E-state index contributed by atoms with van der Waals surface area (Å²) in [6.45, 7) is 0.189. The number of rotatable bonds is 3. The molecule has 6 heteroatoms. The van der Waals surface area contributed by atoms with Gasteiger partial charge in [0.05, 0.1) is 13.2 Å². The summed E-state index contributed by atoms with van der Waals surface area (Å²) in [4.78, 5) is 10.0. The minimum absolute atomic E-state index is 0.0944. The molecule has 0 bridgehead atoms. The Morgan fingerprint density at radius 1 is 1.38 bits per heavy atom. The number of carbonyl (C=O) groups is 1. The Hall–Kier alpha value is -1.27. The van der Waals surface area contributed by atoms with Gasteiger partial charge >= 0.3 is 0 Å². The lowest BCUT2D eigenvalue weighted by atomic mass is 10.2. The molecule has 0 unspecified atom stereocenters. The van der Waals surface area contributed by atoms with Gasteiger partial charge in [-0.15, -0.1) is 0 Å². The molecule has 0 amide bonds. The molecule has 1 heterocycles. The van der Waals surface area contributed by atoms with E-state index in [0.29, 0.717) is 6.29 Å². The van der Waals surface area contributed by atoms with Crippen LogP contribution in [0.25, 0.3) is 0 Å². The lowest BCUT2D eigenvalue weighted by Gasteiger charge is -2.25. The van der Waals surface area contributed by atoms with E-state index in [2.05, 4.69) is 0 Å². The molecule has 0 spiro atoms. The first-order chi connectivity index (χ1) is 7.55. The van der Waals surface area contributed by atoms with Crippen molar-refractivity contribution in [2.45, 2.75) is 10.1 Å². The third-order valence-electron chi connectivity index (χ3n) is 2.44. The van der Waals surface area contributed by atoms with Crippen LogP contribution in [0.3, 0.4) is 0 Å². The van der Waals surface area contributed by atoms with Gasteiger partial charge in [0.15, 0.2) is 9.84 Å². The fourth-order valence-corrected chi connectivity index (χ4v) is 2.89. The molecule has 1 aromatic rings. The van der Waals surface area contributed by atoms with Crippen LogP contribution in [0.1, 0.15) is 10.4 Å². The number of halogens is 1. The van der Waals surface area contributed by atoms with Gasteiger partial charge in [-0.3, -0.25) is 4.79 Å². The molecule has 86 valence electrons. The van der Waals surface area contributed by atoms with E-state index in [1.807, 2.05) is 0 Å². The third-order valence-corrected chi connectivity index (χ3v) is 4.54. The number of benzene rings is 1. The van der Waals surface area contributed by atoms with Gasteiger partial charge in [0.2, 0.25) is 0 Å². The van der Waals surface area contributed by atoms with Gasteiger partial charge in [0.25, 0.3) is 0 Å². The lowest BCUT2D eigenvalue weighted by molar-refractivity contribution is 0.0415. The van der Waals surface area contributed by atoms with Crippen LogP contribution < -0.4 is 0 Å². The minimum atomic E-state index is -3.67. The minimum Gasteiger partial charge on any atom is -0.379 e. The summed E-state index contributed by atoms with van der Waals surface area (Å²) < 4.78 is 41.9. The Bertz CT molecular complexity index is 520. The second kappa shape index (κ2) is 3.95. The Balaban J connectivity index is 2.44. The first kappa shape index (κ1) is 11.2. The van der Waals surface area contributed by atoms with Crippen LogP contribution in [-0.2, 0) is 14.6 Å². The maximum Gasteiger partial charge on any atom is 0.188 e. The summed E-state index contributed by atoms with van der Waals surface area (Å²) in [6.07, 6.45) is 0.464. The van der Waals surface area contributed by atoms with E-state index in [9.17, 15) is 17.6 Å². The zero-order valence-electron chi connectivity index (χ0n) is 8.22. The van der Waals surface area contributed by atoms with Crippen LogP contribution in [-0.4, -0.2) is 33.2 Å². The van der Waals surface area contributed by atoms with Gasteiger partial charge in [0.1, 0.15) is 22.2 Å². The molecule has 4 nitrogen and oxygen atoms in total. The lowest BCUT2D eigenvalue weighted by Crippen LogP contribution is -2.40. The molecule has 1 aliphatic heterocycles. The van der Waals surface area contributed by atoms with Crippen molar-refractivity contribution in [3.63, 3.8) is 0 Å². The molecule has 0 atom stereocenters. The maximum absolute atomic E-state index is 13.5. The predicted molar refractivity (Wildman–Crippen MR) is 53.6 cm³/mol. The van der Waals surface area contributed by atoms with Crippen molar-refractivity contribution >= 4 is 16.1 Å². The highest BCUT2D eigenvalue weighted by Crippen LogP contribution is 2.24. The average Bonchev–Trinajstić information content (AvgIpc) is 2.13. The number of hydrogen-bond donors (Lipinski definition) is 0. The molecule has 0 radical (unpaired) electrons. The van der Waals surface area contributed by atoms with E-state index in [0.717, 1.165) is 12.1 Å². The maximum atomic E-state index is 13.5. The Morgan fingerprint density at radius 3 is 2.50 bits per heavy atom. The summed E-state index contributed by atoms with van der Waals surface area (Å²) in [5, 5.41) is -0.677. The van der Waals surface area contributed by atoms with Gasteiger partial charge in [-0.1, -0.05) is 6.07 Å². The molecule has 0 N–H and O–H groups in total. The molecule has 0 aliphatic carbocycles. The fraction of sp³-hybridized carbons (Fsp3) is 0.300. The van der Waals surface area contributed by atoms with Crippen molar-refractivity contribution in [2.24, 2.45) is 0 Å². The molecule has 1 fully saturated rings. The number of carbonyl (C=O) groups excluding carboxylic acids is 1. The monoisotopic (exact) mass is 244 g/mol. The van der Waals surface area contributed by atoms with Crippen LogP contribution >= 0.6 is 0 Å². The van der Waals surface area contributed by atoms with Crippen LogP contribution in [0.2, 0.25) is 0 Å². The first-order valence-electron chi connectivity index (χ1n) is 4.62. The Labute approximate surface area is 92.0 Å². The zero-order valence-corrected chi connectivity index (χ0v) is 9.04. The third kappa shape index (κ3) is 1.74. The van der Waals surface area contributed by atoms with Crippen molar-refractivity contribution in [3.8, 4) is 0 Å². The Kier molecular flexibility index (Phi) is 2.77.